The summed E-state index contributed by atoms with van der Waals surface area (Å²) in [5.41, 5.74) is 9.06. The third kappa shape index (κ3) is 2.53. The van der Waals surface area contributed by atoms with E-state index in [0.717, 1.165) is 13.1 Å². The van der Waals surface area contributed by atoms with Crippen LogP contribution >= 0.6 is 0 Å². The van der Waals surface area contributed by atoms with E-state index in [0.29, 0.717) is 0 Å². The quantitative estimate of drug-likeness (QED) is 0.866. The third-order valence-electron chi connectivity index (χ3n) is 4.32. The molecule has 0 aromatic heterocycles. The van der Waals surface area contributed by atoms with Crippen molar-refractivity contribution in [3.8, 4) is 0 Å². The van der Waals surface area contributed by atoms with Crippen molar-refractivity contribution < 1.29 is 0 Å². The van der Waals surface area contributed by atoms with Gasteiger partial charge < -0.3 is 10.6 Å². The van der Waals surface area contributed by atoms with E-state index in [4.69, 9.17) is 5.73 Å². The molecule has 2 nitrogen and oxygen atoms in total. The zero-order valence-electron chi connectivity index (χ0n) is 11.1. The Morgan fingerprint density at radius 3 is 2.24 bits per heavy atom. The van der Waals surface area contributed by atoms with Gasteiger partial charge in [0.05, 0.1) is 0 Å². The van der Waals surface area contributed by atoms with Gasteiger partial charge in [0.25, 0.3) is 0 Å². The van der Waals surface area contributed by atoms with Crippen LogP contribution < -0.4 is 5.73 Å². The Bertz CT molecular complexity index is 348. The van der Waals surface area contributed by atoms with Crippen LogP contribution in [0, 0.1) is 6.92 Å². The lowest BCUT2D eigenvalue weighted by molar-refractivity contribution is 0.169. The average molecular weight is 232 g/mol. The zero-order valence-corrected chi connectivity index (χ0v) is 11.1. The average Bonchev–Trinajstić information content (AvgIpc) is 2.40. The van der Waals surface area contributed by atoms with Gasteiger partial charge in [-0.15, -0.1) is 0 Å². The second-order valence-electron chi connectivity index (χ2n) is 5.28. The highest BCUT2D eigenvalue weighted by Crippen LogP contribution is 2.34. The van der Waals surface area contributed by atoms with Gasteiger partial charge in [-0.2, -0.15) is 0 Å². The number of nitrogens with zero attached hydrogens (tertiary/aromatic N) is 1. The summed E-state index contributed by atoms with van der Waals surface area (Å²) in [6.07, 6.45) is 2.39. The summed E-state index contributed by atoms with van der Waals surface area (Å²) in [7, 11) is 0. The molecule has 2 heteroatoms. The van der Waals surface area contributed by atoms with Crippen LogP contribution in [0.5, 0.6) is 0 Å². The molecule has 1 aliphatic rings. The molecule has 0 bridgehead atoms. The molecular formula is C15H24N2. The van der Waals surface area contributed by atoms with E-state index in [-0.39, 0.29) is 5.41 Å². The zero-order chi connectivity index (χ0) is 12.3. The molecular weight excluding hydrogens is 208 g/mol. The van der Waals surface area contributed by atoms with Crippen molar-refractivity contribution in [3.63, 3.8) is 0 Å². The topological polar surface area (TPSA) is 29.3 Å². The van der Waals surface area contributed by atoms with Crippen LogP contribution in [0.1, 0.15) is 30.9 Å². The lowest BCUT2D eigenvalue weighted by Crippen LogP contribution is -2.46. The van der Waals surface area contributed by atoms with Crippen LogP contribution in [-0.2, 0) is 5.41 Å². The Balaban J connectivity index is 2.18. The highest BCUT2D eigenvalue weighted by Gasteiger charge is 2.34. The monoisotopic (exact) mass is 232 g/mol. The minimum Gasteiger partial charge on any atom is -0.330 e. The Hall–Kier alpha value is -0.860. The van der Waals surface area contributed by atoms with Crippen molar-refractivity contribution in [2.75, 3.05) is 26.2 Å². The predicted octanol–water partition coefficient (Wildman–Crippen LogP) is 2.31. The molecule has 1 aromatic carbocycles. The Morgan fingerprint density at radius 1 is 1.18 bits per heavy atom. The second-order valence-corrected chi connectivity index (χ2v) is 5.28. The van der Waals surface area contributed by atoms with Gasteiger partial charge in [-0.25, -0.2) is 0 Å². The van der Waals surface area contributed by atoms with E-state index in [1.807, 2.05) is 0 Å². The van der Waals surface area contributed by atoms with E-state index in [9.17, 15) is 0 Å². The minimum absolute atomic E-state index is 0.222. The fourth-order valence-electron chi connectivity index (χ4n) is 2.82. The maximum absolute atomic E-state index is 6.08. The van der Waals surface area contributed by atoms with Crippen LogP contribution in [0.4, 0.5) is 0 Å². The largest absolute Gasteiger partial charge is 0.330 e. The van der Waals surface area contributed by atoms with Gasteiger partial charge in [0, 0.05) is 12.0 Å². The predicted molar refractivity (Wildman–Crippen MR) is 73.3 cm³/mol. The van der Waals surface area contributed by atoms with E-state index < -0.39 is 0 Å². The molecule has 0 spiro atoms. The summed E-state index contributed by atoms with van der Waals surface area (Å²) in [6.45, 7) is 8.67. The van der Waals surface area contributed by atoms with Crippen molar-refractivity contribution >= 4 is 0 Å². The van der Waals surface area contributed by atoms with Crippen LogP contribution in [-0.4, -0.2) is 31.1 Å². The molecule has 1 aromatic rings. The Labute approximate surface area is 105 Å². The number of benzene rings is 1. The van der Waals surface area contributed by atoms with Gasteiger partial charge in [-0.05, 0) is 45.0 Å². The highest BCUT2D eigenvalue weighted by atomic mass is 15.1. The molecule has 2 N–H and O–H groups in total. The third-order valence-corrected chi connectivity index (χ3v) is 4.32. The number of aryl methyl sites for hydroxylation is 1. The van der Waals surface area contributed by atoms with Crippen molar-refractivity contribution in [2.45, 2.75) is 32.1 Å². The number of hydrogen-bond acceptors (Lipinski definition) is 2. The van der Waals surface area contributed by atoms with Gasteiger partial charge in [0.1, 0.15) is 0 Å². The highest BCUT2D eigenvalue weighted by molar-refractivity contribution is 5.30. The molecule has 1 fully saturated rings. The van der Waals surface area contributed by atoms with Crippen LogP contribution in [0.25, 0.3) is 0 Å². The maximum atomic E-state index is 6.08. The Kier molecular flexibility index (Phi) is 3.85. The molecule has 0 atom stereocenters. The van der Waals surface area contributed by atoms with Gasteiger partial charge in [-0.3, -0.25) is 0 Å². The molecule has 1 aliphatic heterocycles. The van der Waals surface area contributed by atoms with E-state index in [2.05, 4.69) is 43.0 Å². The van der Waals surface area contributed by atoms with Crippen molar-refractivity contribution in [3.05, 3.63) is 35.4 Å². The first-order chi connectivity index (χ1) is 8.20. The molecule has 0 saturated carbocycles. The first-order valence-electron chi connectivity index (χ1n) is 6.70. The fraction of sp³-hybridized carbons (Fsp3) is 0.600. The van der Waals surface area contributed by atoms with Crippen LogP contribution in [0.3, 0.4) is 0 Å². The van der Waals surface area contributed by atoms with Crippen molar-refractivity contribution in [1.29, 1.82) is 0 Å². The summed E-state index contributed by atoms with van der Waals surface area (Å²) >= 11 is 0. The summed E-state index contributed by atoms with van der Waals surface area (Å²) in [6, 6.07) is 8.95. The molecule has 2 rings (SSSR count). The Morgan fingerprint density at radius 2 is 1.76 bits per heavy atom. The van der Waals surface area contributed by atoms with Crippen molar-refractivity contribution in [1.82, 2.24) is 4.90 Å². The standard InChI is InChI=1S/C15H24N2/c1-3-17-10-8-15(12-16,9-11-17)14-6-4-13(2)5-7-14/h4-7H,3,8-12,16H2,1-2H3. The number of rotatable bonds is 3. The summed E-state index contributed by atoms with van der Waals surface area (Å²) in [5, 5.41) is 0. The molecule has 0 unspecified atom stereocenters. The lowest BCUT2D eigenvalue weighted by atomic mass is 9.72. The summed E-state index contributed by atoms with van der Waals surface area (Å²) < 4.78 is 0. The molecule has 0 radical (unpaired) electrons. The summed E-state index contributed by atoms with van der Waals surface area (Å²) in [5.74, 6) is 0. The second kappa shape index (κ2) is 5.19. The van der Waals surface area contributed by atoms with Crippen LogP contribution in [0.2, 0.25) is 0 Å². The van der Waals surface area contributed by atoms with E-state index in [1.165, 1.54) is 37.1 Å². The van der Waals surface area contributed by atoms with E-state index >= 15 is 0 Å². The number of likely N-dealkylation sites (tertiary alicyclic amines) is 1. The number of piperidine rings is 1. The smallest absolute Gasteiger partial charge is 0.00998 e. The molecule has 0 amide bonds. The normalized spacial score (nSPS) is 20.4. The molecule has 1 heterocycles. The van der Waals surface area contributed by atoms with Crippen molar-refractivity contribution in [2.24, 2.45) is 5.73 Å². The lowest BCUT2D eigenvalue weighted by Gasteiger charge is -2.41. The van der Waals surface area contributed by atoms with Crippen LogP contribution in [0.15, 0.2) is 24.3 Å². The minimum atomic E-state index is 0.222. The number of hydrogen-bond donors (Lipinski definition) is 1. The van der Waals surface area contributed by atoms with Gasteiger partial charge in [0.15, 0.2) is 0 Å². The number of nitrogens with two attached hydrogens (primary N) is 1. The van der Waals surface area contributed by atoms with Gasteiger partial charge in [-0.1, -0.05) is 36.8 Å². The first-order valence-corrected chi connectivity index (χ1v) is 6.70. The fourth-order valence-corrected chi connectivity index (χ4v) is 2.82. The van der Waals surface area contributed by atoms with Gasteiger partial charge >= 0.3 is 0 Å². The first kappa shape index (κ1) is 12.6. The SMILES string of the molecule is CCN1CCC(CN)(c2ccc(C)cc2)CC1. The van der Waals surface area contributed by atoms with Gasteiger partial charge in [0.2, 0.25) is 0 Å². The molecule has 17 heavy (non-hydrogen) atoms. The molecule has 0 aliphatic carbocycles. The molecule has 94 valence electrons. The summed E-state index contributed by atoms with van der Waals surface area (Å²) in [4.78, 5) is 2.52. The maximum Gasteiger partial charge on any atom is 0.00998 e. The van der Waals surface area contributed by atoms with E-state index in [1.54, 1.807) is 0 Å². The molecule has 1 saturated heterocycles.